The molecular weight excluding hydrogens is 681 g/mol. The molecule has 0 atom stereocenters. The highest BCUT2D eigenvalue weighted by atomic mass is 16.5. The van der Waals surface area contributed by atoms with E-state index >= 15 is 0 Å². The van der Waals surface area contributed by atoms with Crippen LogP contribution in [0, 0.1) is 0 Å². The number of hydrogen-bond acceptors (Lipinski definition) is 2. The first kappa shape index (κ1) is 33.0. The van der Waals surface area contributed by atoms with Crippen LogP contribution in [-0.2, 0) is 10.8 Å². The Morgan fingerprint density at radius 2 is 0.554 bits per heavy atom. The minimum atomic E-state index is 0.0848. The van der Waals surface area contributed by atoms with Crippen LogP contribution in [0.1, 0.15) is 52.7 Å². The maximum Gasteiger partial charge on any atom is 0.135 e. The van der Waals surface area contributed by atoms with Crippen LogP contribution >= 0.6 is 0 Å². The van der Waals surface area contributed by atoms with Crippen molar-refractivity contribution in [2.75, 3.05) is 0 Å². The molecule has 0 aliphatic rings. The van der Waals surface area contributed by atoms with E-state index < -0.39 is 0 Å². The molecule has 0 heterocycles. The van der Waals surface area contributed by atoms with Crippen molar-refractivity contribution in [2.24, 2.45) is 0 Å². The third-order valence-electron chi connectivity index (χ3n) is 12.2. The van der Waals surface area contributed by atoms with Crippen LogP contribution in [0.3, 0.4) is 0 Å². The van der Waals surface area contributed by atoms with Gasteiger partial charge in [-0.15, -0.1) is 0 Å². The SMILES string of the molecule is CC(C)(C)c1ccc(Oc2ccc3c4cccc5c4c(c4cccc2c34)c2cccc3c4ccc(Oc6ccc(C(C)(C)C)cc6)c6cccc(c64)c5c32)cc1. The number of benzene rings is 11. The summed E-state index contributed by atoms with van der Waals surface area (Å²) in [6.07, 6.45) is 0. The predicted octanol–water partition coefficient (Wildman–Crippen LogP) is 16.0. The molecule has 270 valence electrons. The fourth-order valence-electron chi connectivity index (χ4n) is 9.44. The van der Waals surface area contributed by atoms with Gasteiger partial charge < -0.3 is 9.47 Å². The molecule has 0 aromatic heterocycles. The van der Waals surface area contributed by atoms with Gasteiger partial charge in [0.2, 0.25) is 0 Å². The van der Waals surface area contributed by atoms with E-state index in [9.17, 15) is 0 Å². The van der Waals surface area contributed by atoms with E-state index in [0.717, 1.165) is 33.8 Å². The second-order valence-electron chi connectivity index (χ2n) is 17.6. The Labute approximate surface area is 326 Å². The van der Waals surface area contributed by atoms with E-state index in [2.05, 4.69) is 187 Å². The van der Waals surface area contributed by atoms with Gasteiger partial charge in [-0.1, -0.05) is 139 Å². The summed E-state index contributed by atoms with van der Waals surface area (Å²) >= 11 is 0. The molecule has 0 aliphatic carbocycles. The van der Waals surface area contributed by atoms with Crippen molar-refractivity contribution in [3.05, 3.63) is 157 Å². The van der Waals surface area contributed by atoms with Gasteiger partial charge in [0.25, 0.3) is 0 Å². The fraction of sp³-hybridized carbons (Fsp3) is 0.148. The van der Waals surface area contributed by atoms with Gasteiger partial charge in [-0.2, -0.15) is 0 Å². The second kappa shape index (κ2) is 11.6. The van der Waals surface area contributed by atoms with Crippen LogP contribution < -0.4 is 9.47 Å². The molecular formula is C54H42O2. The number of hydrogen-bond donors (Lipinski definition) is 0. The summed E-state index contributed by atoms with van der Waals surface area (Å²) in [5, 5.41) is 20.0. The number of ether oxygens (including phenoxy) is 2. The van der Waals surface area contributed by atoms with E-state index in [-0.39, 0.29) is 10.8 Å². The topological polar surface area (TPSA) is 18.5 Å². The van der Waals surface area contributed by atoms with Gasteiger partial charge >= 0.3 is 0 Å². The largest absolute Gasteiger partial charge is 0.457 e. The molecule has 56 heavy (non-hydrogen) atoms. The average molecular weight is 723 g/mol. The maximum absolute atomic E-state index is 6.68. The highest BCUT2D eigenvalue weighted by molar-refractivity contribution is 6.47. The van der Waals surface area contributed by atoms with Gasteiger partial charge in [0.15, 0.2) is 0 Å². The van der Waals surface area contributed by atoms with Gasteiger partial charge in [0, 0.05) is 21.5 Å². The molecule has 0 saturated heterocycles. The minimum absolute atomic E-state index is 0.0848. The quantitative estimate of drug-likeness (QED) is 0.133. The zero-order valence-corrected chi connectivity index (χ0v) is 32.7. The lowest BCUT2D eigenvalue weighted by Gasteiger charge is -2.22. The van der Waals surface area contributed by atoms with Gasteiger partial charge in [-0.25, -0.2) is 0 Å². The first-order chi connectivity index (χ1) is 27.0. The average Bonchev–Trinajstić information content (AvgIpc) is 3.19. The molecule has 0 fully saturated rings. The van der Waals surface area contributed by atoms with Crippen LogP contribution in [0.5, 0.6) is 23.0 Å². The third-order valence-corrected chi connectivity index (χ3v) is 12.2. The van der Waals surface area contributed by atoms with Crippen molar-refractivity contribution in [3.8, 4) is 23.0 Å². The third kappa shape index (κ3) is 4.75. The van der Waals surface area contributed by atoms with E-state index in [1.807, 2.05) is 0 Å². The van der Waals surface area contributed by atoms with Crippen LogP contribution in [0.15, 0.2) is 146 Å². The molecule has 11 rings (SSSR count). The first-order valence-electron chi connectivity index (χ1n) is 19.8. The number of fused-ring (bicyclic) bond motifs is 6. The van der Waals surface area contributed by atoms with Gasteiger partial charge in [-0.05, 0) is 135 Å². The first-order valence-corrected chi connectivity index (χ1v) is 19.8. The van der Waals surface area contributed by atoms with Crippen molar-refractivity contribution in [3.63, 3.8) is 0 Å². The van der Waals surface area contributed by atoms with E-state index in [1.165, 1.54) is 86.5 Å². The second-order valence-corrected chi connectivity index (χ2v) is 17.6. The van der Waals surface area contributed by atoms with Gasteiger partial charge in [-0.3, -0.25) is 0 Å². The Hall–Kier alpha value is -6.38. The standard InChI is InChI=1S/C54H42O2/c1-53(2,3)31-19-23-33(24-20-31)55-45-29-27-37-35-11-7-18-44-49(35)51(41-15-9-13-39(45)47(37)41)43-17-8-12-36-38-28-30-46(56-34-25-21-32(22-26-34)54(4,5)6)40-14-10-16-42(48(38)40)52(44)50(36)43/h7-30H,1-6H3. The Morgan fingerprint density at radius 1 is 0.268 bits per heavy atom. The summed E-state index contributed by atoms with van der Waals surface area (Å²) in [6, 6.07) is 53.1. The molecule has 0 radical (unpaired) electrons. The molecule has 2 nitrogen and oxygen atoms in total. The summed E-state index contributed by atoms with van der Waals surface area (Å²) < 4.78 is 13.4. The van der Waals surface area contributed by atoms with Crippen LogP contribution in [0.2, 0.25) is 0 Å². The summed E-state index contributed by atoms with van der Waals surface area (Å²) in [5.41, 5.74) is 2.75. The van der Waals surface area contributed by atoms with Crippen molar-refractivity contribution in [1.29, 1.82) is 0 Å². The lowest BCUT2D eigenvalue weighted by atomic mass is 9.82. The molecule has 11 aromatic rings. The smallest absolute Gasteiger partial charge is 0.135 e. The van der Waals surface area contributed by atoms with Crippen LogP contribution in [0.4, 0.5) is 0 Å². The molecule has 2 heteroatoms. The lowest BCUT2D eigenvalue weighted by Crippen LogP contribution is -2.10. The molecule has 0 unspecified atom stereocenters. The maximum atomic E-state index is 6.68. The molecule has 11 aromatic carbocycles. The zero-order valence-electron chi connectivity index (χ0n) is 32.7. The normalized spacial score (nSPS) is 12.8. The summed E-state index contributed by atoms with van der Waals surface area (Å²) in [6.45, 7) is 13.4. The highest BCUT2D eigenvalue weighted by Crippen LogP contribution is 2.52. The molecule has 0 saturated carbocycles. The summed E-state index contributed by atoms with van der Waals surface area (Å²) in [4.78, 5) is 0. The molecule has 0 N–H and O–H groups in total. The fourth-order valence-corrected chi connectivity index (χ4v) is 9.44. The lowest BCUT2D eigenvalue weighted by molar-refractivity contribution is 0.487. The van der Waals surface area contributed by atoms with Crippen molar-refractivity contribution in [2.45, 2.75) is 52.4 Å². The monoisotopic (exact) mass is 722 g/mol. The summed E-state index contributed by atoms with van der Waals surface area (Å²) in [7, 11) is 0. The Kier molecular flexibility index (Phi) is 6.82. The van der Waals surface area contributed by atoms with Gasteiger partial charge in [0.05, 0.1) is 0 Å². The molecule has 0 amide bonds. The highest BCUT2D eigenvalue weighted by Gasteiger charge is 2.23. The Morgan fingerprint density at radius 3 is 0.911 bits per heavy atom. The Balaban J connectivity index is 1.17. The van der Waals surface area contributed by atoms with Crippen molar-refractivity contribution in [1.82, 2.24) is 0 Å². The van der Waals surface area contributed by atoms with Crippen molar-refractivity contribution >= 4 is 86.2 Å². The van der Waals surface area contributed by atoms with E-state index in [0.29, 0.717) is 0 Å². The Bertz CT molecular complexity index is 3110. The van der Waals surface area contributed by atoms with Gasteiger partial charge in [0.1, 0.15) is 23.0 Å². The van der Waals surface area contributed by atoms with E-state index in [1.54, 1.807) is 0 Å². The zero-order chi connectivity index (χ0) is 38.1. The van der Waals surface area contributed by atoms with Crippen molar-refractivity contribution < 1.29 is 9.47 Å². The summed E-state index contributed by atoms with van der Waals surface area (Å²) in [5.74, 6) is 3.44. The van der Waals surface area contributed by atoms with E-state index in [4.69, 9.17) is 9.47 Å². The number of rotatable bonds is 4. The molecule has 0 aliphatic heterocycles. The van der Waals surface area contributed by atoms with Crippen LogP contribution in [-0.4, -0.2) is 0 Å². The predicted molar refractivity (Wildman–Crippen MR) is 239 cm³/mol. The minimum Gasteiger partial charge on any atom is -0.457 e. The molecule has 0 bridgehead atoms. The molecule has 0 spiro atoms. The van der Waals surface area contributed by atoms with Crippen LogP contribution in [0.25, 0.3) is 86.2 Å².